The van der Waals surface area contributed by atoms with Gasteiger partial charge in [-0.25, -0.2) is 18.2 Å². The molecule has 0 fully saturated rings. The van der Waals surface area contributed by atoms with E-state index in [1.165, 1.54) is 0 Å². The Morgan fingerprint density at radius 1 is 1.19 bits per heavy atom. The first-order valence-corrected chi connectivity index (χ1v) is 8.54. The summed E-state index contributed by atoms with van der Waals surface area (Å²) in [6.07, 6.45) is 1.83. The SMILES string of the molecule is CCN(C)C=Nc1cc2c(cc1C)C(c1cc(F)c(F)c(F)c1)OCC2. The average Bonchev–Trinajstić information content (AvgIpc) is 2.63. The smallest absolute Gasteiger partial charge is 0.194 e. The van der Waals surface area contributed by atoms with Gasteiger partial charge < -0.3 is 9.64 Å². The number of halogens is 3. The normalized spacial score (nSPS) is 16.8. The van der Waals surface area contributed by atoms with E-state index < -0.39 is 23.6 Å². The van der Waals surface area contributed by atoms with Crippen LogP contribution in [0.15, 0.2) is 29.3 Å². The lowest BCUT2D eigenvalue weighted by atomic mass is 9.90. The van der Waals surface area contributed by atoms with E-state index in [1.807, 2.05) is 37.9 Å². The molecule has 0 N–H and O–H groups in total. The molecule has 6 heteroatoms. The predicted molar refractivity (Wildman–Crippen MR) is 95.5 cm³/mol. The molecule has 0 amide bonds. The number of rotatable bonds is 4. The van der Waals surface area contributed by atoms with Crippen molar-refractivity contribution in [2.75, 3.05) is 20.2 Å². The van der Waals surface area contributed by atoms with E-state index in [9.17, 15) is 13.2 Å². The predicted octanol–water partition coefficient (Wildman–Crippen LogP) is 4.69. The molecule has 2 aromatic carbocycles. The first-order chi connectivity index (χ1) is 12.4. The number of aliphatic imine (C=N–C) groups is 1. The average molecular weight is 362 g/mol. The molecular weight excluding hydrogens is 341 g/mol. The van der Waals surface area contributed by atoms with Crippen LogP contribution in [-0.2, 0) is 11.2 Å². The Labute approximate surface area is 151 Å². The quantitative estimate of drug-likeness (QED) is 0.448. The Bertz CT molecular complexity index is 828. The highest BCUT2D eigenvalue weighted by molar-refractivity contribution is 5.64. The summed E-state index contributed by atoms with van der Waals surface area (Å²) in [5.41, 5.74) is 3.90. The molecule has 1 heterocycles. The highest BCUT2D eigenvalue weighted by Gasteiger charge is 2.26. The molecule has 0 spiro atoms. The zero-order valence-corrected chi connectivity index (χ0v) is 15.0. The summed E-state index contributed by atoms with van der Waals surface area (Å²) in [5.74, 6) is -3.89. The lowest BCUT2D eigenvalue weighted by molar-refractivity contribution is 0.0693. The Morgan fingerprint density at radius 2 is 1.88 bits per heavy atom. The van der Waals surface area contributed by atoms with Gasteiger partial charge in [0.1, 0.15) is 6.10 Å². The van der Waals surface area contributed by atoms with Gasteiger partial charge in [0.25, 0.3) is 0 Å². The molecule has 0 bridgehead atoms. The van der Waals surface area contributed by atoms with E-state index in [1.54, 1.807) is 6.34 Å². The number of hydrogen-bond acceptors (Lipinski definition) is 2. The molecule has 0 aliphatic carbocycles. The van der Waals surface area contributed by atoms with Gasteiger partial charge in [-0.2, -0.15) is 0 Å². The lowest BCUT2D eigenvalue weighted by Crippen LogP contribution is -2.18. The van der Waals surface area contributed by atoms with E-state index in [2.05, 4.69) is 4.99 Å². The van der Waals surface area contributed by atoms with Crippen molar-refractivity contribution < 1.29 is 17.9 Å². The lowest BCUT2D eigenvalue weighted by Gasteiger charge is -2.27. The number of hydrogen-bond donors (Lipinski definition) is 0. The maximum absolute atomic E-state index is 13.6. The topological polar surface area (TPSA) is 24.8 Å². The second kappa shape index (κ2) is 7.50. The van der Waals surface area contributed by atoms with Crippen molar-refractivity contribution in [3.63, 3.8) is 0 Å². The minimum Gasteiger partial charge on any atom is -0.368 e. The minimum absolute atomic E-state index is 0.267. The van der Waals surface area contributed by atoms with Gasteiger partial charge in [-0.3, -0.25) is 0 Å². The van der Waals surface area contributed by atoms with Crippen LogP contribution in [0.3, 0.4) is 0 Å². The van der Waals surface area contributed by atoms with Gasteiger partial charge >= 0.3 is 0 Å². The molecule has 1 unspecified atom stereocenters. The molecule has 1 aliphatic heterocycles. The number of ether oxygens (including phenoxy) is 1. The molecule has 3 rings (SSSR count). The maximum atomic E-state index is 13.6. The Morgan fingerprint density at radius 3 is 2.54 bits per heavy atom. The van der Waals surface area contributed by atoms with Gasteiger partial charge in [0.2, 0.25) is 0 Å². The highest BCUT2D eigenvalue weighted by atomic mass is 19.2. The number of aryl methyl sites for hydroxylation is 1. The van der Waals surface area contributed by atoms with Gasteiger partial charge in [-0.15, -0.1) is 0 Å². The largest absolute Gasteiger partial charge is 0.368 e. The minimum atomic E-state index is -1.47. The fourth-order valence-electron chi connectivity index (χ4n) is 2.98. The van der Waals surface area contributed by atoms with Crippen LogP contribution in [0, 0.1) is 24.4 Å². The van der Waals surface area contributed by atoms with Crippen molar-refractivity contribution >= 4 is 12.0 Å². The first-order valence-electron chi connectivity index (χ1n) is 8.54. The monoisotopic (exact) mass is 362 g/mol. The fraction of sp³-hybridized carbons (Fsp3) is 0.350. The second-order valence-corrected chi connectivity index (χ2v) is 6.45. The van der Waals surface area contributed by atoms with E-state index in [-0.39, 0.29) is 5.56 Å². The second-order valence-electron chi connectivity index (χ2n) is 6.45. The van der Waals surface area contributed by atoms with Gasteiger partial charge in [-0.05, 0) is 60.7 Å². The van der Waals surface area contributed by atoms with Gasteiger partial charge in [0, 0.05) is 13.6 Å². The van der Waals surface area contributed by atoms with Crippen LogP contribution < -0.4 is 0 Å². The molecule has 0 radical (unpaired) electrons. The Kier molecular flexibility index (Phi) is 5.32. The summed E-state index contributed by atoms with van der Waals surface area (Å²) in [6, 6.07) is 5.90. The van der Waals surface area contributed by atoms with E-state index in [4.69, 9.17) is 4.74 Å². The summed E-state index contributed by atoms with van der Waals surface area (Å²) < 4.78 is 46.3. The molecule has 0 saturated heterocycles. The summed E-state index contributed by atoms with van der Waals surface area (Å²) in [5, 5.41) is 0. The number of fused-ring (bicyclic) bond motifs is 1. The van der Waals surface area contributed by atoms with Crippen LogP contribution in [0.25, 0.3) is 0 Å². The molecule has 3 nitrogen and oxygen atoms in total. The molecular formula is C20H21F3N2O. The summed E-state index contributed by atoms with van der Waals surface area (Å²) in [7, 11) is 1.94. The summed E-state index contributed by atoms with van der Waals surface area (Å²) in [6.45, 7) is 5.23. The fourth-order valence-corrected chi connectivity index (χ4v) is 2.98. The molecule has 2 aromatic rings. The van der Waals surface area contributed by atoms with Crippen LogP contribution >= 0.6 is 0 Å². The molecule has 0 aromatic heterocycles. The van der Waals surface area contributed by atoms with E-state index >= 15 is 0 Å². The van der Waals surface area contributed by atoms with E-state index in [0.717, 1.165) is 41.1 Å². The van der Waals surface area contributed by atoms with E-state index in [0.29, 0.717) is 13.0 Å². The molecule has 0 saturated carbocycles. The zero-order valence-electron chi connectivity index (χ0n) is 15.0. The molecule has 1 atom stereocenters. The zero-order chi connectivity index (χ0) is 18.8. The number of benzene rings is 2. The van der Waals surface area contributed by atoms with Crippen molar-refractivity contribution in [1.29, 1.82) is 0 Å². The van der Waals surface area contributed by atoms with Gasteiger partial charge in [0.15, 0.2) is 17.5 Å². The summed E-state index contributed by atoms with van der Waals surface area (Å²) in [4.78, 5) is 6.48. The van der Waals surface area contributed by atoms with Crippen molar-refractivity contribution in [2.45, 2.75) is 26.4 Å². The third-order valence-corrected chi connectivity index (χ3v) is 4.60. The highest BCUT2D eigenvalue weighted by Crippen LogP contribution is 2.37. The molecule has 138 valence electrons. The van der Waals surface area contributed by atoms with Gasteiger partial charge in [0.05, 0.1) is 18.6 Å². The Balaban J connectivity index is 2.00. The van der Waals surface area contributed by atoms with Crippen LogP contribution in [-0.4, -0.2) is 31.4 Å². The van der Waals surface area contributed by atoms with Crippen molar-refractivity contribution in [1.82, 2.24) is 4.90 Å². The van der Waals surface area contributed by atoms with Crippen molar-refractivity contribution in [3.05, 3.63) is 64.0 Å². The first kappa shape index (κ1) is 18.5. The van der Waals surface area contributed by atoms with Crippen LogP contribution in [0.5, 0.6) is 0 Å². The van der Waals surface area contributed by atoms with Crippen molar-refractivity contribution in [2.24, 2.45) is 4.99 Å². The Hall–Kier alpha value is -2.34. The van der Waals surface area contributed by atoms with Crippen LogP contribution in [0.4, 0.5) is 18.9 Å². The molecule has 26 heavy (non-hydrogen) atoms. The third-order valence-electron chi connectivity index (χ3n) is 4.60. The molecule has 1 aliphatic rings. The van der Waals surface area contributed by atoms with Crippen molar-refractivity contribution in [3.8, 4) is 0 Å². The third kappa shape index (κ3) is 3.60. The number of nitrogens with zero attached hydrogens (tertiary/aromatic N) is 2. The maximum Gasteiger partial charge on any atom is 0.194 e. The van der Waals surface area contributed by atoms with Gasteiger partial charge in [-0.1, -0.05) is 6.07 Å². The standard InChI is InChI=1S/C20H21F3N2O/c1-4-25(3)11-24-18-10-13-5-6-26-20(15(13)7-12(18)2)14-8-16(21)19(23)17(22)9-14/h7-11,20H,4-6H2,1-3H3. The summed E-state index contributed by atoms with van der Waals surface area (Å²) >= 11 is 0. The van der Waals surface area contributed by atoms with Crippen LogP contribution in [0.1, 0.15) is 35.3 Å². The van der Waals surface area contributed by atoms with Crippen LogP contribution in [0.2, 0.25) is 0 Å².